The van der Waals surface area contributed by atoms with Crippen molar-refractivity contribution in [1.82, 2.24) is 15.3 Å². The highest BCUT2D eigenvalue weighted by molar-refractivity contribution is 7.99. The molecule has 0 aromatic carbocycles. The van der Waals surface area contributed by atoms with Gasteiger partial charge in [0.1, 0.15) is 10.6 Å². The summed E-state index contributed by atoms with van der Waals surface area (Å²) in [5.74, 6) is 0. The van der Waals surface area contributed by atoms with Gasteiger partial charge in [-0.15, -0.1) is 11.8 Å². The standard InChI is InChI=1S/C13H18N4S/c1-10(2)17-13(9-14)4-3-11(7-13)18-12-8-15-5-6-16-12/h5-6,8,10-11,17H,3-4,7H2,1-2H3. The molecule has 1 aromatic rings. The molecule has 1 aliphatic rings. The monoisotopic (exact) mass is 262 g/mol. The van der Waals surface area contributed by atoms with Crippen LogP contribution in [0.25, 0.3) is 0 Å². The highest BCUT2D eigenvalue weighted by Gasteiger charge is 2.40. The van der Waals surface area contributed by atoms with E-state index in [2.05, 4.69) is 35.2 Å². The van der Waals surface area contributed by atoms with E-state index in [0.717, 1.165) is 24.3 Å². The summed E-state index contributed by atoms with van der Waals surface area (Å²) in [6.07, 6.45) is 8.02. The molecule has 18 heavy (non-hydrogen) atoms. The van der Waals surface area contributed by atoms with Crippen LogP contribution in [0, 0.1) is 11.3 Å². The lowest BCUT2D eigenvalue weighted by Crippen LogP contribution is -2.45. The minimum Gasteiger partial charge on any atom is -0.297 e. The first kappa shape index (κ1) is 13.3. The lowest BCUT2D eigenvalue weighted by molar-refractivity contribution is 0.386. The lowest BCUT2D eigenvalue weighted by atomic mass is 9.99. The van der Waals surface area contributed by atoms with E-state index in [1.165, 1.54) is 0 Å². The summed E-state index contributed by atoms with van der Waals surface area (Å²) in [5, 5.41) is 14.2. The van der Waals surface area contributed by atoms with Crippen molar-refractivity contribution >= 4 is 11.8 Å². The quantitative estimate of drug-likeness (QED) is 0.902. The molecule has 0 bridgehead atoms. The van der Waals surface area contributed by atoms with E-state index in [0.29, 0.717) is 11.3 Å². The van der Waals surface area contributed by atoms with Crippen LogP contribution < -0.4 is 5.32 Å². The second-order valence-electron chi connectivity index (χ2n) is 5.02. The Morgan fingerprint density at radius 1 is 1.56 bits per heavy atom. The van der Waals surface area contributed by atoms with Gasteiger partial charge < -0.3 is 0 Å². The third-order valence-electron chi connectivity index (χ3n) is 3.08. The molecule has 5 heteroatoms. The maximum absolute atomic E-state index is 9.40. The summed E-state index contributed by atoms with van der Waals surface area (Å²) >= 11 is 1.73. The molecule has 1 N–H and O–H groups in total. The molecule has 4 nitrogen and oxygen atoms in total. The minimum atomic E-state index is -0.353. The van der Waals surface area contributed by atoms with E-state index in [4.69, 9.17) is 0 Å². The van der Waals surface area contributed by atoms with Gasteiger partial charge in [-0.25, -0.2) is 4.98 Å². The molecule has 0 amide bonds. The van der Waals surface area contributed by atoms with Crippen molar-refractivity contribution in [2.45, 2.75) is 55.0 Å². The van der Waals surface area contributed by atoms with E-state index in [1.54, 1.807) is 30.4 Å². The first-order chi connectivity index (χ1) is 8.63. The van der Waals surface area contributed by atoms with Gasteiger partial charge in [-0.1, -0.05) is 0 Å². The predicted octanol–water partition coefficient (Wildman–Crippen LogP) is 2.38. The van der Waals surface area contributed by atoms with Gasteiger partial charge in [0, 0.05) is 23.7 Å². The van der Waals surface area contributed by atoms with Gasteiger partial charge in [0.15, 0.2) is 0 Å². The van der Waals surface area contributed by atoms with Crippen LogP contribution in [0.1, 0.15) is 33.1 Å². The maximum atomic E-state index is 9.40. The highest BCUT2D eigenvalue weighted by atomic mass is 32.2. The SMILES string of the molecule is CC(C)NC1(C#N)CCC(Sc2cnccn2)C1. The van der Waals surface area contributed by atoms with Crippen LogP contribution >= 0.6 is 11.8 Å². The molecule has 2 unspecified atom stereocenters. The molecule has 2 rings (SSSR count). The molecule has 1 saturated carbocycles. The van der Waals surface area contributed by atoms with E-state index in [-0.39, 0.29) is 5.54 Å². The van der Waals surface area contributed by atoms with Gasteiger partial charge in [0.2, 0.25) is 0 Å². The third kappa shape index (κ3) is 3.21. The zero-order valence-corrected chi connectivity index (χ0v) is 11.6. The molecular weight excluding hydrogens is 244 g/mol. The molecule has 96 valence electrons. The third-order valence-corrected chi connectivity index (χ3v) is 4.26. The first-order valence-corrected chi connectivity index (χ1v) is 7.13. The molecule has 1 heterocycles. The summed E-state index contributed by atoms with van der Waals surface area (Å²) in [6, 6.07) is 2.80. The number of nitrogens with one attached hydrogen (secondary N) is 1. The topological polar surface area (TPSA) is 61.6 Å². The fourth-order valence-electron chi connectivity index (χ4n) is 2.44. The Morgan fingerprint density at radius 3 is 3.00 bits per heavy atom. The van der Waals surface area contributed by atoms with Crippen molar-refractivity contribution in [2.24, 2.45) is 0 Å². The molecular formula is C13H18N4S. The Hall–Kier alpha value is -1.12. The molecule has 0 radical (unpaired) electrons. The molecule has 2 atom stereocenters. The van der Waals surface area contributed by atoms with Crippen LogP contribution in [-0.2, 0) is 0 Å². The van der Waals surface area contributed by atoms with Gasteiger partial charge >= 0.3 is 0 Å². The van der Waals surface area contributed by atoms with Gasteiger partial charge in [-0.2, -0.15) is 5.26 Å². The van der Waals surface area contributed by atoms with Crippen LogP contribution in [0.4, 0.5) is 0 Å². The van der Waals surface area contributed by atoms with Crippen LogP contribution in [0.3, 0.4) is 0 Å². The lowest BCUT2D eigenvalue weighted by Gasteiger charge is -2.25. The Bertz CT molecular complexity index is 428. The fraction of sp³-hybridized carbons (Fsp3) is 0.615. The van der Waals surface area contributed by atoms with E-state index >= 15 is 0 Å². The number of hydrogen-bond acceptors (Lipinski definition) is 5. The number of hydrogen-bond donors (Lipinski definition) is 1. The van der Waals surface area contributed by atoms with Crippen molar-refractivity contribution in [3.8, 4) is 6.07 Å². The molecule has 1 aliphatic carbocycles. The van der Waals surface area contributed by atoms with Gasteiger partial charge in [-0.05, 0) is 33.1 Å². The van der Waals surface area contributed by atoms with E-state index in [9.17, 15) is 5.26 Å². The van der Waals surface area contributed by atoms with Crippen molar-refractivity contribution in [3.05, 3.63) is 18.6 Å². The summed E-state index contributed by atoms with van der Waals surface area (Å²) in [4.78, 5) is 8.34. The van der Waals surface area contributed by atoms with Crippen LogP contribution in [-0.4, -0.2) is 26.8 Å². The zero-order chi connectivity index (χ0) is 13.0. The highest BCUT2D eigenvalue weighted by Crippen LogP contribution is 2.39. The average Bonchev–Trinajstić information content (AvgIpc) is 2.73. The second-order valence-corrected chi connectivity index (χ2v) is 6.34. The number of aromatic nitrogens is 2. The molecule has 0 aliphatic heterocycles. The maximum Gasteiger partial charge on any atom is 0.115 e. The smallest absolute Gasteiger partial charge is 0.115 e. The zero-order valence-electron chi connectivity index (χ0n) is 10.8. The number of thioether (sulfide) groups is 1. The normalized spacial score (nSPS) is 27.3. The van der Waals surface area contributed by atoms with Crippen molar-refractivity contribution < 1.29 is 0 Å². The second kappa shape index (κ2) is 5.68. The van der Waals surface area contributed by atoms with Crippen LogP contribution in [0.5, 0.6) is 0 Å². The number of rotatable bonds is 4. The van der Waals surface area contributed by atoms with Gasteiger partial charge in [0.25, 0.3) is 0 Å². The summed E-state index contributed by atoms with van der Waals surface area (Å²) in [5.41, 5.74) is -0.353. The molecule has 1 fully saturated rings. The molecule has 0 saturated heterocycles. The van der Waals surface area contributed by atoms with Crippen LogP contribution in [0.15, 0.2) is 23.6 Å². The summed E-state index contributed by atoms with van der Waals surface area (Å²) < 4.78 is 0. The van der Waals surface area contributed by atoms with Crippen molar-refractivity contribution in [1.29, 1.82) is 5.26 Å². The van der Waals surface area contributed by atoms with Crippen LogP contribution in [0.2, 0.25) is 0 Å². The molecule has 0 spiro atoms. The number of nitrogens with zero attached hydrogens (tertiary/aromatic N) is 3. The fourth-order valence-corrected chi connectivity index (χ4v) is 3.62. The number of nitriles is 1. The van der Waals surface area contributed by atoms with E-state index < -0.39 is 0 Å². The van der Waals surface area contributed by atoms with Crippen molar-refractivity contribution in [3.63, 3.8) is 0 Å². The first-order valence-electron chi connectivity index (χ1n) is 6.25. The molecule has 1 aromatic heterocycles. The Labute approximate surface area is 112 Å². The largest absolute Gasteiger partial charge is 0.297 e. The van der Waals surface area contributed by atoms with Gasteiger partial charge in [0.05, 0.1) is 12.3 Å². The van der Waals surface area contributed by atoms with Gasteiger partial charge in [-0.3, -0.25) is 10.3 Å². The Kier molecular flexibility index (Phi) is 4.20. The van der Waals surface area contributed by atoms with E-state index in [1.807, 2.05) is 0 Å². The van der Waals surface area contributed by atoms with Crippen molar-refractivity contribution in [2.75, 3.05) is 0 Å². The Balaban J connectivity index is 1.97. The Morgan fingerprint density at radius 2 is 2.39 bits per heavy atom. The summed E-state index contributed by atoms with van der Waals surface area (Å²) in [6.45, 7) is 4.17. The minimum absolute atomic E-state index is 0.338. The predicted molar refractivity (Wildman–Crippen MR) is 72.1 cm³/mol. The summed E-state index contributed by atoms with van der Waals surface area (Å²) in [7, 11) is 0. The average molecular weight is 262 g/mol.